The Bertz CT molecular complexity index is 867. The Balaban J connectivity index is 3.41. The SMILES string of the molecule is CCCCCCCCCCCCCCCCCC(O)C(CO)NC(=O)CCCCCCCCCCCCCCCCCOC(=O)CCCCCCCCCCCCCCCC. The van der Waals surface area contributed by atoms with Crippen LogP contribution in [0.3, 0.4) is 0 Å². The highest BCUT2D eigenvalue weighted by atomic mass is 16.5. The summed E-state index contributed by atoms with van der Waals surface area (Å²) in [5.74, 6) is -0.0371. The molecule has 0 aliphatic heterocycles. The van der Waals surface area contributed by atoms with Gasteiger partial charge in [0.05, 0.1) is 25.4 Å². The summed E-state index contributed by atoms with van der Waals surface area (Å²) in [6, 6.07) is -0.546. The van der Waals surface area contributed by atoms with E-state index in [0.717, 1.165) is 44.9 Å². The maximum Gasteiger partial charge on any atom is 0.305 e. The highest BCUT2D eigenvalue weighted by molar-refractivity contribution is 5.76. The van der Waals surface area contributed by atoms with Gasteiger partial charge in [0.15, 0.2) is 0 Å². The Kier molecular flexibility index (Phi) is 50.5. The monoisotopic (exact) mass is 864 g/mol. The maximum atomic E-state index is 12.5. The molecule has 0 saturated carbocycles. The van der Waals surface area contributed by atoms with Crippen LogP contribution >= 0.6 is 0 Å². The van der Waals surface area contributed by atoms with Crippen LogP contribution in [0.2, 0.25) is 0 Å². The van der Waals surface area contributed by atoms with Crippen molar-refractivity contribution in [3.8, 4) is 0 Å². The van der Waals surface area contributed by atoms with Gasteiger partial charge >= 0.3 is 5.97 Å². The summed E-state index contributed by atoms with van der Waals surface area (Å²) in [6.45, 7) is 4.96. The van der Waals surface area contributed by atoms with E-state index in [2.05, 4.69) is 19.2 Å². The molecule has 0 aromatic heterocycles. The first-order valence-corrected chi connectivity index (χ1v) is 27.8. The van der Waals surface area contributed by atoms with E-state index in [0.29, 0.717) is 25.9 Å². The van der Waals surface area contributed by atoms with E-state index >= 15 is 0 Å². The zero-order chi connectivity index (χ0) is 44.4. The molecule has 0 heterocycles. The van der Waals surface area contributed by atoms with Gasteiger partial charge in [-0.3, -0.25) is 9.59 Å². The third-order valence-corrected chi connectivity index (χ3v) is 13.2. The van der Waals surface area contributed by atoms with Gasteiger partial charge in [0, 0.05) is 12.8 Å². The van der Waals surface area contributed by atoms with Gasteiger partial charge < -0.3 is 20.3 Å². The lowest BCUT2D eigenvalue weighted by atomic mass is 10.0. The van der Waals surface area contributed by atoms with Crippen molar-refractivity contribution >= 4 is 11.9 Å². The Labute approximate surface area is 381 Å². The fraction of sp³-hybridized carbons (Fsp3) is 0.964. The molecule has 0 aromatic rings. The summed E-state index contributed by atoms with van der Waals surface area (Å²) in [5, 5.41) is 23.2. The van der Waals surface area contributed by atoms with Crippen LogP contribution in [0.15, 0.2) is 0 Å². The number of hydrogen-bond donors (Lipinski definition) is 3. The molecular formula is C55H109NO5. The summed E-state index contributed by atoms with van der Waals surface area (Å²) < 4.78 is 5.47. The van der Waals surface area contributed by atoms with Crippen molar-refractivity contribution in [3.63, 3.8) is 0 Å². The van der Waals surface area contributed by atoms with Crippen LogP contribution in [0.1, 0.15) is 316 Å². The molecule has 6 heteroatoms. The molecule has 0 rings (SSSR count). The number of esters is 1. The quantitative estimate of drug-likeness (QED) is 0.0418. The minimum absolute atomic E-state index is 0.00378. The fourth-order valence-electron chi connectivity index (χ4n) is 8.88. The number of amides is 1. The van der Waals surface area contributed by atoms with E-state index in [1.54, 1.807) is 0 Å². The average Bonchev–Trinajstić information content (AvgIpc) is 3.26. The molecule has 0 aliphatic carbocycles. The third-order valence-electron chi connectivity index (χ3n) is 13.2. The second kappa shape index (κ2) is 51.5. The van der Waals surface area contributed by atoms with E-state index in [-0.39, 0.29) is 18.5 Å². The minimum Gasteiger partial charge on any atom is -0.466 e. The zero-order valence-electron chi connectivity index (χ0n) is 41.4. The predicted octanol–water partition coefficient (Wildman–Crippen LogP) is 16.7. The number of carbonyl (C=O) groups is 2. The highest BCUT2D eigenvalue weighted by Crippen LogP contribution is 2.18. The van der Waals surface area contributed by atoms with Gasteiger partial charge in [0.2, 0.25) is 5.91 Å². The zero-order valence-corrected chi connectivity index (χ0v) is 41.4. The number of aliphatic hydroxyl groups is 2. The normalized spacial score (nSPS) is 12.5. The molecule has 0 spiro atoms. The number of ether oxygens (including phenoxy) is 1. The Morgan fingerprint density at radius 3 is 1.00 bits per heavy atom. The van der Waals surface area contributed by atoms with Crippen LogP contribution in [-0.2, 0) is 14.3 Å². The molecule has 0 fully saturated rings. The lowest BCUT2D eigenvalue weighted by Crippen LogP contribution is -2.45. The standard InChI is InChI=1S/C55H109NO5/c1-3-5-7-9-11-13-15-17-20-23-27-31-35-39-43-47-53(58)52(51-57)56-54(59)48-44-40-36-32-28-24-21-19-22-26-30-34-38-42-46-50-61-55(60)49-45-41-37-33-29-25-18-16-14-12-10-8-6-4-2/h52-53,57-58H,3-51H2,1-2H3,(H,56,59). The molecule has 0 aromatic carbocycles. The first-order valence-electron chi connectivity index (χ1n) is 27.8. The number of rotatable bonds is 52. The third kappa shape index (κ3) is 48.2. The topological polar surface area (TPSA) is 95.9 Å². The van der Waals surface area contributed by atoms with Crippen molar-refractivity contribution in [2.24, 2.45) is 0 Å². The molecule has 3 N–H and O–H groups in total. The predicted molar refractivity (Wildman–Crippen MR) is 264 cm³/mol. The van der Waals surface area contributed by atoms with Crippen molar-refractivity contribution < 1.29 is 24.5 Å². The smallest absolute Gasteiger partial charge is 0.305 e. The Morgan fingerprint density at radius 2 is 0.672 bits per heavy atom. The Morgan fingerprint density at radius 1 is 0.393 bits per heavy atom. The average molecular weight is 864 g/mol. The molecule has 6 nitrogen and oxygen atoms in total. The molecule has 2 unspecified atom stereocenters. The fourth-order valence-corrected chi connectivity index (χ4v) is 8.88. The molecule has 2 atom stereocenters. The molecule has 0 aliphatic rings. The van der Waals surface area contributed by atoms with Gasteiger partial charge in [-0.1, -0.05) is 277 Å². The molecule has 0 saturated heterocycles. The molecule has 364 valence electrons. The summed E-state index contributed by atoms with van der Waals surface area (Å²) in [7, 11) is 0. The minimum atomic E-state index is -0.668. The van der Waals surface area contributed by atoms with Crippen molar-refractivity contribution in [1.29, 1.82) is 0 Å². The van der Waals surface area contributed by atoms with Gasteiger partial charge in [0.25, 0.3) is 0 Å². The first kappa shape index (κ1) is 59.9. The second-order valence-corrected chi connectivity index (χ2v) is 19.3. The number of nitrogens with one attached hydrogen (secondary N) is 1. The molecule has 0 bridgehead atoms. The van der Waals surface area contributed by atoms with Crippen LogP contribution in [0.5, 0.6) is 0 Å². The molecule has 61 heavy (non-hydrogen) atoms. The molecule has 1 amide bonds. The van der Waals surface area contributed by atoms with E-state index in [1.165, 1.54) is 238 Å². The number of unbranched alkanes of at least 4 members (excludes halogenated alkanes) is 41. The molecule has 0 radical (unpaired) electrons. The lowest BCUT2D eigenvalue weighted by molar-refractivity contribution is -0.143. The summed E-state index contributed by atoms with van der Waals surface area (Å²) in [6.07, 6.45) is 57.9. The van der Waals surface area contributed by atoms with E-state index < -0.39 is 12.1 Å². The van der Waals surface area contributed by atoms with Crippen LogP contribution in [0.25, 0.3) is 0 Å². The van der Waals surface area contributed by atoms with Gasteiger partial charge in [-0.05, 0) is 25.7 Å². The van der Waals surface area contributed by atoms with Crippen molar-refractivity contribution in [1.82, 2.24) is 5.32 Å². The number of carbonyl (C=O) groups excluding carboxylic acids is 2. The van der Waals surface area contributed by atoms with Gasteiger partial charge in [-0.2, -0.15) is 0 Å². The molecular weight excluding hydrogens is 755 g/mol. The van der Waals surface area contributed by atoms with Crippen molar-refractivity contribution in [2.45, 2.75) is 328 Å². The van der Waals surface area contributed by atoms with Crippen LogP contribution < -0.4 is 5.32 Å². The van der Waals surface area contributed by atoms with Crippen LogP contribution in [-0.4, -0.2) is 47.4 Å². The highest BCUT2D eigenvalue weighted by Gasteiger charge is 2.20. The number of aliphatic hydroxyl groups excluding tert-OH is 2. The summed E-state index contributed by atoms with van der Waals surface area (Å²) in [5.41, 5.74) is 0. The van der Waals surface area contributed by atoms with E-state index in [1.807, 2.05) is 0 Å². The number of hydrogen-bond acceptors (Lipinski definition) is 5. The summed E-state index contributed by atoms with van der Waals surface area (Å²) >= 11 is 0. The van der Waals surface area contributed by atoms with Crippen LogP contribution in [0.4, 0.5) is 0 Å². The Hall–Kier alpha value is -1.14. The van der Waals surface area contributed by atoms with Crippen LogP contribution in [0, 0.1) is 0 Å². The van der Waals surface area contributed by atoms with Gasteiger partial charge in [-0.15, -0.1) is 0 Å². The van der Waals surface area contributed by atoms with E-state index in [4.69, 9.17) is 4.74 Å². The largest absolute Gasteiger partial charge is 0.466 e. The maximum absolute atomic E-state index is 12.5. The van der Waals surface area contributed by atoms with E-state index in [9.17, 15) is 19.8 Å². The first-order chi connectivity index (χ1) is 30.0. The summed E-state index contributed by atoms with van der Waals surface area (Å²) in [4.78, 5) is 24.5. The second-order valence-electron chi connectivity index (χ2n) is 19.3. The van der Waals surface area contributed by atoms with Crippen molar-refractivity contribution in [2.75, 3.05) is 13.2 Å². The van der Waals surface area contributed by atoms with Gasteiger partial charge in [0.1, 0.15) is 0 Å². The lowest BCUT2D eigenvalue weighted by Gasteiger charge is -2.22. The van der Waals surface area contributed by atoms with Gasteiger partial charge in [-0.25, -0.2) is 0 Å². The van der Waals surface area contributed by atoms with Crippen molar-refractivity contribution in [3.05, 3.63) is 0 Å².